The molecule has 1 aromatic carbocycles. The maximum atomic E-state index is 12.4. The molecule has 2 aliphatic rings. The van der Waals surface area contributed by atoms with Crippen LogP contribution in [0.25, 0.3) is 5.57 Å². The number of carbonyl (C=O) groups is 1. The first-order valence-electron chi connectivity index (χ1n) is 7.05. The minimum absolute atomic E-state index is 0.276. The van der Waals surface area contributed by atoms with Crippen LogP contribution in [0.4, 0.5) is 0 Å². The van der Waals surface area contributed by atoms with Crippen molar-refractivity contribution in [3.05, 3.63) is 41.0 Å². The zero-order valence-electron chi connectivity index (χ0n) is 11.2. The molecule has 0 aromatic heterocycles. The number of ketones is 1. The molecule has 3 rings (SSSR count). The highest BCUT2D eigenvalue weighted by molar-refractivity contribution is 6.06. The zero-order chi connectivity index (χ0) is 12.7. The van der Waals surface area contributed by atoms with E-state index in [0.29, 0.717) is 11.7 Å². The molecule has 0 spiro atoms. The van der Waals surface area contributed by atoms with Crippen molar-refractivity contribution in [1.82, 2.24) is 0 Å². The second-order valence-electron chi connectivity index (χ2n) is 5.68. The van der Waals surface area contributed by atoms with Gasteiger partial charge in [-0.1, -0.05) is 37.6 Å². The Morgan fingerprint density at radius 3 is 2.83 bits per heavy atom. The van der Waals surface area contributed by atoms with Crippen LogP contribution in [-0.4, -0.2) is 5.78 Å². The molecule has 1 nitrogen and oxygen atoms in total. The Kier molecular flexibility index (Phi) is 2.85. The highest BCUT2D eigenvalue weighted by atomic mass is 16.1. The van der Waals surface area contributed by atoms with Crippen molar-refractivity contribution >= 4 is 11.4 Å². The van der Waals surface area contributed by atoms with Crippen LogP contribution in [0.15, 0.2) is 29.8 Å². The molecular formula is C17H20O. The van der Waals surface area contributed by atoms with Gasteiger partial charge in [0, 0.05) is 5.92 Å². The second kappa shape index (κ2) is 4.38. The van der Waals surface area contributed by atoms with E-state index in [1.807, 2.05) is 6.92 Å². The van der Waals surface area contributed by atoms with Gasteiger partial charge in [-0.05, 0) is 54.4 Å². The van der Waals surface area contributed by atoms with Crippen LogP contribution in [0.1, 0.15) is 44.2 Å². The SMILES string of the molecule is CCCC1CC2Cc3ccccc3C2=C(C)C1=O. The topological polar surface area (TPSA) is 17.1 Å². The van der Waals surface area contributed by atoms with Crippen molar-refractivity contribution in [3.8, 4) is 0 Å². The summed E-state index contributed by atoms with van der Waals surface area (Å²) in [5.41, 5.74) is 5.16. The molecule has 94 valence electrons. The first-order chi connectivity index (χ1) is 8.72. The van der Waals surface area contributed by atoms with E-state index in [1.54, 1.807) is 0 Å². The molecule has 0 amide bonds. The summed E-state index contributed by atoms with van der Waals surface area (Å²) in [5, 5.41) is 0. The molecule has 2 unspecified atom stereocenters. The molecule has 2 atom stereocenters. The highest BCUT2D eigenvalue weighted by Crippen LogP contribution is 2.46. The molecule has 18 heavy (non-hydrogen) atoms. The van der Waals surface area contributed by atoms with Crippen LogP contribution in [-0.2, 0) is 11.2 Å². The fourth-order valence-corrected chi connectivity index (χ4v) is 3.74. The third-order valence-corrected chi connectivity index (χ3v) is 4.53. The van der Waals surface area contributed by atoms with Crippen molar-refractivity contribution in [2.45, 2.75) is 39.5 Å². The van der Waals surface area contributed by atoms with E-state index in [9.17, 15) is 4.79 Å². The lowest BCUT2D eigenvalue weighted by Crippen LogP contribution is -2.25. The van der Waals surface area contributed by atoms with Crippen molar-refractivity contribution in [2.24, 2.45) is 11.8 Å². The van der Waals surface area contributed by atoms with Gasteiger partial charge in [-0.25, -0.2) is 0 Å². The summed E-state index contributed by atoms with van der Waals surface area (Å²) in [5.74, 6) is 1.27. The molecule has 1 aromatic rings. The minimum Gasteiger partial charge on any atom is -0.294 e. The Bertz CT molecular complexity index is 524. The van der Waals surface area contributed by atoms with Gasteiger partial charge >= 0.3 is 0 Å². The summed E-state index contributed by atoms with van der Waals surface area (Å²) in [7, 11) is 0. The maximum absolute atomic E-state index is 12.4. The number of benzene rings is 1. The van der Waals surface area contributed by atoms with Gasteiger partial charge in [-0.3, -0.25) is 4.79 Å². The first-order valence-corrected chi connectivity index (χ1v) is 7.05. The van der Waals surface area contributed by atoms with Crippen molar-refractivity contribution in [2.75, 3.05) is 0 Å². The molecule has 0 bridgehead atoms. The van der Waals surface area contributed by atoms with Gasteiger partial charge in [0.25, 0.3) is 0 Å². The van der Waals surface area contributed by atoms with Gasteiger partial charge in [0.05, 0.1) is 0 Å². The summed E-state index contributed by atoms with van der Waals surface area (Å²) >= 11 is 0. The Labute approximate surface area is 109 Å². The van der Waals surface area contributed by atoms with Crippen LogP contribution in [0.3, 0.4) is 0 Å². The smallest absolute Gasteiger partial charge is 0.161 e. The van der Waals surface area contributed by atoms with Gasteiger partial charge in [0.1, 0.15) is 0 Å². The van der Waals surface area contributed by atoms with Crippen LogP contribution in [0, 0.1) is 11.8 Å². The van der Waals surface area contributed by atoms with Crippen LogP contribution in [0.5, 0.6) is 0 Å². The number of rotatable bonds is 2. The van der Waals surface area contributed by atoms with Crippen LogP contribution < -0.4 is 0 Å². The van der Waals surface area contributed by atoms with Gasteiger partial charge in [-0.15, -0.1) is 0 Å². The zero-order valence-corrected chi connectivity index (χ0v) is 11.2. The van der Waals surface area contributed by atoms with Gasteiger partial charge in [0.15, 0.2) is 5.78 Å². The summed E-state index contributed by atoms with van der Waals surface area (Å²) in [6.07, 6.45) is 4.36. The average molecular weight is 240 g/mol. The average Bonchev–Trinajstić information content (AvgIpc) is 2.74. The molecule has 2 aliphatic carbocycles. The van der Waals surface area contributed by atoms with Crippen LogP contribution in [0.2, 0.25) is 0 Å². The van der Waals surface area contributed by atoms with Gasteiger partial charge in [-0.2, -0.15) is 0 Å². The largest absolute Gasteiger partial charge is 0.294 e. The lowest BCUT2D eigenvalue weighted by atomic mass is 9.75. The van der Waals surface area contributed by atoms with E-state index in [4.69, 9.17) is 0 Å². The standard InChI is InChI=1S/C17H20O/c1-3-6-13-10-14-9-12-7-4-5-8-15(12)16(14)11(2)17(13)18/h4-5,7-8,13-14H,3,6,9-10H2,1-2H3. The number of Topliss-reactive ketones (excluding diaryl/α,β-unsaturated/α-hetero) is 1. The lowest BCUT2D eigenvalue weighted by molar-refractivity contribution is -0.120. The van der Waals surface area contributed by atoms with Gasteiger partial charge in [0.2, 0.25) is 0 Å². The Balaban J connectivity index is 2.04. The van der Waals surface area contributed by atoms with Crippen molar-refractivity contribution in [1.29, 1.82) is 0 Å². The molecule has 0 N–H and O–H groups in total. The normalized spacial score (nSPS) is 26.2. The molecule has 0 aliphatic heterocycles. The Morgan fingerprint density at radius 2 is 2.06 bits per heavy atom. The molecule has 0 fully saturated rings. The predicted molar refractivity (Wildman–Crippen MR) is 74.3 cm³/mol. The van der Waals surface area contributed by atoms with E-state index in [2.05, 4.69) is 31.2 Å². The fraction of sp³-hybridized carbons (Fsp3) is 0.471. The lowest BCUT2D eigenvalue weighted by Gasteiger charge is -2.28. The van der Waals surface area contributed by atoms with Gasteiger partial charge < -0.3 is 0 Å². The predicted octanol–water partition coefficient (Wildman–Crippen LogP) is 4.02. The van der Waals surface area contributed by atoms with Crippen molar-refractivity contribution < 1.29 is 4.79 Å². The summed E-state index contributed by atoms with van der Waals surface area (Å²) < 4.78 is 0. The molecule has 1 heteroatoms. The molecule has 0 heterocycles. The number of fused-ring (bicyclic) bond motifs is 3. The molecule has 0 radical (unpaired) electrons. The number of hydrogen-bond acceptors (Lipinski definition) is 1. The third kappa shape index (κ3) is 1.65. The number of hydrogen-bond donors (Lipinski definition) is 0. The Morgan fingerprint density at radius 1 is 1.28 bits per heavy atom. The maximum Gasteiger partial charge on any atom is 0.161 e. The fourth-order valence-electron chi connectivity index (χ4n) is 3.74. The second-order valence-corrected chi connectivity index (χ2v) is 5.68. The molecule has 0 saturated heterocycles. The minimum atomic E-state index is 0.276. The summed E-state index contributed by atoms with van der Waals surface area (Å²) in [4.78, 5) is 12.4. The summed E-state index contributed by atoms with van der Waals surface area (Å²) in [6, 6.07) is 8.59. The highest BCUT2D eigenvalue weighted by Gasteiger charge is 2.37. The molecular weight excluding hydrogens is 220 g/mol. The van der Waals surface area contributed by atoms with E-state index in [1.165, 1.54) is 16.7 Å². The van der Waals surface area contributed by atoms with Crippen molar-refractivity contribution in [3.63, 3.8) is 0 Å². The quantitative estimate of drug-likeness (QED) is 0.763. The number of carbonyl (C=O) groups excluding carboxylic acids is 1. The monoisotopic (exact) mass is 240 g/mol. The van der Waals surface area contributed by atoms with E-state index in [0.717, 1.165) is 31.3 Å². The van der Waals surface area contributed by atoms with E-state index >= 15 is 0 Å². The van der Waals surface area contributed by atoms with Crippen LogP contribution >= 0.6 is 0 Å². The third-order valence-electron chi connectivity index (χ3n) is 4.53. The van der Waals surface area contributed by atoms with E-state index in [-0.39, 0.29) is 5.92 Å². The Hall–Kier alpha value is -1.37. The number of allylic oxidation sites excluding steroid dienone is 2. The molecule has 0 saturated carbocycles. The van der Waals surface area contributed by atoms with E-state index < -0.39 is 0 Å². The summed E-state index contributed by atoms with van der Waals surface area (Å²) in [6.45, 7) is 4.21. The first kappa shape index (κ1) is 11.7.